The molecule has 238 valence electrons. The molecular weight excluding hydrogens is 570 g/mol. The van der Waals surface area contributed by atoms with E-state index in [1.54, 1.807) is 6.20 Å². The monoisotopic (exact) mass is 612 g/mol. The Morgan fingerprint density at radius 3 is 2.39 bits per heavy atom. The summed E-state index contributed by atoms with van der Waals surface area (Å²) in [5.74, 6) is 0.0633. The molecule has 1 amide bonds. The van der Waals surface area contributed by atoms with Crippen molar-refractivity contribution in [3.05, 3.63) is 36.0 Å². The minimum absolute atomic E-state index is 0.0248. The third-order valence-electron chi connectivity index (χ3n) is 9.56. The number of anilines is 3. The number of rotatable bonds is 9. The van der Waals surface area contributed by atoms with E-state index in [0.717, 1.165) is 70.5 Å². The molecule has 1 aliphatic heterocycles. The highest BCUT2D eigenvalue weighted by Gasteiger charge is 2.32. The SMILES string of the molecule is O=C(C1CCC(Nc2ncc3nc(Nc4ccc(F)cc4F)n(C4CCC(CO)CC4)c3n2)CC1)N1CCN(CCO)CC1. The van der Waals surface area contributed by atoms with Gasteiger partial charge in [0.1, 0.15) is 17.2 Å². The summed E-state index contributed by atoms with van der Waals surface area (Å²) < 4.78 is 30.1. The molecule has 0 bridgehead atoms. The number of piperazine rings is 1. The first-order valence-electron chi connectivity index (χ1n) is 15.9. The highest BCUT2D eigenvalue weighted by molar-refractivity contribution is 5.79. The van der Waals surface area contributed by atoms with Gasteiger partial charge in [0.15, 0.2) is 5.65 Å². The van der Waals surface area contributed by atoms with Crippen molar-refractivity contribution < 1.29 is 23.8 Å². The molecule has 0 radical (unpaired) electrons. The molecule has 3 fully saturated rings. The topological polar surface area (TPSA) is 132 Å². The second kappa shape index (κ2) is 13.7. The van der Waals surface area contributed by atoms with E-state index in [1.807, 2.05) is 9.47 Å². The van der Waals surface area contributed by atoms with E-state index in [0.29, 0.717) is 42.7 Å². The Morgan fingerprint density at radius 1 is 0.955 bits per heavy atom. The smallest absolute Gasteiger partial charge is 0.225 e. The Hall–Kier alpha value is -3.42. The number of hydrogen-bond donors (Lipinski definition) is 4. The molecule has 2 saturated carbocycles. The maximum Gasteiger partial charge on any atom is 0.225 e. The number of nitrogens with one attached hydrogen (secondary N) is 2. The average molecular weight is 613 g/mol. The van der Waals surface area contributed by atoms with E-state index < -0.39 is 11.6 Å². The van der Waals surface area contributed by atoms with Crippen molar-refractivity contribution in [1.29, 1.82) is 0 Å². The van der Waals surface area contributed by atoms with Crippen LogP contribution in [0.5, 0.6) is 0 Å². The zero-order valence-corrected chi connectivity index (χ0v) is 25.0. The standard InChI is InChI=1S/C31H42F2N8O3/c32-22-5-10-26(25(33)17-22)36-31-37-27-18-34-30(38-28(27)41(31)24-8-1-20(19-43)2-9-24)35-23-6-3-21(4-7-23)29(44)40-13-11-39(12-14-40)15-16-42/h5,10,17-18,20-21,23-24,42-43H,1-4,6-9,11-16,19H2,(H,36,37)(H,34,35,38). The fourth-order valence-corrected chi connectivity index (χ4v) is 6.95. The van der Waals surface area contributed by atoms with Crippen molar-refractivity contribution >= 4 is 34.7 Å². The molecule has 3 aliphatic rings. The Bertz CT molecular complexity index is 1430. The third kappa shape index (κ3) is 6.79. The number of carbonyl (C=O) groups excluding carboxylic acids is 1. The second-order valence-electron chi connectivity index (χ2n) is 12.4. The van der Waals surface area contributed by atoms with Crippen LogP contribution in [-0.2, 0) is 4.79 Å². The van der Waals surface area contributed by atoms with E-state index >= 15 is 0 Å². The number of benzene rings is 1. The molecule has 2 aliphatic carbocycles. The summed E-state index contributed by atoms with van der Waals surface area (Å²) in [6.07, 6.45) is 8.31. The van der Waals surface area contributed by atoms with Gasteiger partial charge in [-0.3, -0.25) is 14.3 Å². The number of β-amino-alcohol motifs (C(OH)–C–C–N with tert-alkyl or cyclic N) is 1. The maximum absolute atomic E-state index is 14.6. The van der Waals surface area contributed by atoms with Crippen LogP contribution in [0.15, 0.2) is 24.4 Å². The van der Waals surface area contributed by atoms with Gasteiger partial charge in [-0.15, -0.1) is 0 Å². The number of aliphatic hydroxyl groups is 2. The fraction of sp³-hybridized carbons (Fsp3) is 0.613. The van der Waals surface area contributed by atoms with Gasteiger partial charge in [0.25, 0.3) is 0 Å². The number of aliphatic hydroxyl groups excluding tert-OH is 2. The van der Waals surface area contributed by atoms with Crippen LogP contribution in [0.2, 0.25) is 0 Å². The Labute approximate surface area is 255 Å². The summed E-state index contributed by atoms with van der Waals surface area (Å²) in [7, 11) is 0. The van der Waals surface area contributed by atoms with Gasteiger partial charge in [-0.05, 0) is 69.4 Å². The number of carbonyl (C=O) groups is 1. The van der Waals surface area contributed by atoms with Crippen molar-refractivity contribution in [2.24, 2.45) is 11.8 Å². The first kappa shape index (κ1) is 30.6. The lowest BCUT2D eigenvalue weighted by Gasteiger charge is -2.37. The van der Waals surface area contributed by atoms with Crippen LogP contribution in [0, 0.1) is 23.5 Å². The van der Waals surface area contributed by atoms with Gasteiger partial charge in [-0.1, -0.05) is 0 Å². The van der Waals surface area contributed by atoms with Crippen molar-refractivity contribution in [2.75, 3.05) is 56.6 Å². The predicted octanol–water partition coefficient (Wildman–Crippen LogP) is 3.68. The van der Waals surface area contributed by atoms with Gasteiger partial charge < -0.3 is 25.7 Å². The summed E-state index contributed by atoms with van der Waals surface area (Å²) in [6, 6.07) is 3.58. The largest absolute Gasteiger partial charge is 0.396 e. The summed E-state index contributed by atoms with van der Waals surface area (Å²) in [5.41, 5.74) is 1.32. The molecule has 0 spiro atoms. The Morgan fingerprint density at radius 2 is 1.70 bits per heavy atom. The molecule has 3 aromatic rings. The highest BCUT2D eigenvalue weighted by atomic mass is 19.1. The number of hydrogen-bond acceptors (Lipinski definition) is 9. The normalized spacial score (nSPS) is 24.9. The van der Waals surface area contributed by atoms with E-state index in [-0.39, 0.29) is 48.7 Å². The van der Waals surface area contributed by atoms with E-state index in [1.165, 1.54) is 12.1 Å². The van der Waals surface area contributed by atoms with E-state index in [2.05, 4.69) is 20.5 Å². The van der Waals surface area contributed by atoms with Crippen LogP contribution in [0.4, 0.5) is 26.4 Å². The molecule has 3 heterocycles. The summed E-state index contributed by atoms with van der Waals surface area (Å²) in [6.45, 7) is 3.99. The van der Waals surface area contributed by atoms with Crippen molar-refractivity contribution in [3.63, 3.8) is 0 Å². The average Bonchev–Trinajstić information content (AvgIpc) is 3.40. The van der Waals surface area contributed by atoms with Crippen molar-refractivity contribution in [1.82, 2.24) is 29.3 Å². The van der Waals surface area contributed by atoms with Crippen LogP contribution >= 0.6 is 0 Å². The van der Waals surface area contributed by atoms with E-state index in [9.17, 15) is 18.7 Å². The molecular formula is C31H42F2N8O3. The van der Waals surface area contributed by atoms with Crippen LogP contribution in [0.25, 0.3) is 11.2 Å². The van der Waals surface area contributed by atoms with Gasteiger partial charge in [0.2, 0.25) is 17.8 Å². The summed E-state index contributed by atoms with van der Waals surface area (Å²) >= 11 is 0. The quantitative estimate of drug-likeness (QED) is 0.286. The third-order valence-corrected chi connectivity index (χ3v) is 9.56. The zero-order valence-electron chi connectivity index (χ0n) is 25.0. The second-order valence-corrected chi connectivity index (χ2v) is 12.4. The summed E-state index contributed by atoms with van der Waals surface area (Å²) in [5, 5.41) is 25.4. The number of halogens is 2. The first-order valence-corrected chi connectivity index (χ1v) is 15.9. The van der Waals surface area contributed by atoms with Crippen LogP contribution < -0.4 is 10.6 Å². The van der Waals surface area contributed by atoms with Crippen LogP contribution in [0.3, 0.4) is 0 Å². The summed E-state index contributed by atoms with van der Waals surface area (Å²) in [4.78, 5) is 31.4. The maximum atomic E-state index is 14.6. The number of nitrogens with zero attached hydrogens (tertiary/aromatic N) is 6. The molecule has 2 aromatic heterocycles. The number of aromatic nitrogens is 4. The Kier molecular flexibility index (Phi) is 9.53. The van der Waals surface area contributed by atoms with Gasteiger partial charge in [0.05, 0.1) is 18.5 Å². The number of imidazole rings is 1. The lowest BCUT2D eigenvalue weighted by Crippen LogP contribution is -2.51. The fourth-order valence-electron chi connectivity index (χ4n) is 6.95. The highest BCUT2D eigenvalue weighted by Crippen LogP contribution is 2.37. The molecule has 4 N–H and O–H groups in total. The van der Waals surface area contributed by atoms with Gasteiger partial charge >= 0.3 is 0 Å². The predicted molar refractivity (Wildman–Crippen MR) is 163 cm³/mol. The number of fused-ring (bicyclic) bond motifs is 1. The minimum atomic E-state index is -0.709. The molecule has 44 heavy (non-hydrogen) atoms. The van der Waals surface area contributed by atoms with Gasteiger partial charge in [-0.2, -0.15) is 4.98 Å². The van der Waals surface area contributed by atoms with E-state index in [4.69, 9.17) is 15.1 Å². The first-order chi connectivity index (χ1) is 21.4. The van der Waals surface area contributed by atoms with Gasteiger partial charge in [0, 0.05) is 63.4 Å². The molecule has 0 atom stereocenters. The van der Waals surface area contributed by atoms with Crippen molar-refractivity contribution in [3.8, 4) is 0 Å². The molecule has 1 saturated heterocycles. The Balaban J connectivity index is 1.15. The lowest BCUT2D eigenvalue weighted by atomic mass is 9.85. The number of amides is 1. The molecule has 13 heteroatoms. The lowest BCUT2D eigenvalue weighted by molar-refractivity contribution is -0.138. The van der Waals surface area contributed by atoms with Crippen LogP contribution in [0.1, 0.15) is 57.4 Å². The van der Waals surface area contributed by atoms with Gasteiger partial charge in [-0.25, -0.2) is 18.7 Å². The molecule has 1 aromatic carbocycles. The molecule has 6 rings (SSSR count). The minimum Gasteiger partial charge on any atom is -0.396 e. The van der Waals surface area contributed by atoms with Crippen molar-refractivity contribution in [2.45, 2.75) is 63.5 Å². The van der Waals surface area contributed by atoms with Crippen LogP contribution in [-0.4, -0.2) is 97.4 Å². The zero-order chi connectivity index (χ0) is 30.6. The molecule has 0 unspecified atom stereocenters. The molecule has 11 nitrogen and oxygen atoms in total.